The first kappa shape index (κ1) is 12.1. The molecule has 17 heavy (non-hydrogen) atoms. The van der Waals surface area contributed by atoms with Crippen LogP contribution in [0.15, 0.2) is 18.2 Å². The number of carbonyl (C=O) groups is 1. The number of hydrogen-bond donors (Lipinski definition) is 2. The number of nitrogens with one attached hydrogen (secondary N) is 1. The normalized spacial score (nSPS) is 16.2. The SMILES string of the molecule is CNC(CCO)c1ccc2c(c1)CC(=O)N2C. The minimum atomic E-state index is 0.139. The molecule has 1 heterocycles. The molecule has 0 saturated carbocycles. The zero-order valence-corrected chi connectivity index (χ0v) is 10.2. The Hall–Kier alpha value is -1.39. The van der Waals surface area contributed by atoms with Gasteiger partial charge in [0.25, 0.3) is 0 Å². The van der Waals surface area contributed by atoms with Gasteiger partial charge in [-0.25, -0.2) is 0 Å². The van der Waals surface area contributed by atoms with E-state index in [2.05, 4.69) is 11.4 Å². The van der Waals surface area contributed by atoms with Crippen LogP contribution in [0.1, 0.15) is 23.6 Å². The van der Waals surface area contributed by atoms with Crippen LogP contribution in [0, 0.1) is 0 Å². The fourth-order valence-corrected chi connectivity index (χ4v) is 2.31. The molecule has 1 aromatic carbocycles. The molecule has 1 atom stereocenters. The van der Waals surface area contributed by atoms with Crippen LogP contribution in [0.4, 0.5) is 5.69 Å². The molecule has 0 radical (unpaired) electrons. The monoisotopic (exact) mass is 234 g/mol. The Balaban J connectivity index is 2.29. The van der Waals surface area contributed by atoms with Crippen molar-refractivity contribution >= 4 is 11.6 Å². The first-order valence-electron chi connectivity index (χ1n) is 5.85. The lowest BCUT2D eigenvalue weighted by molar-refractivity contribution is -0.117. The Labute approximate surface area is 101 Å². The number of fused-ring (bicyclic) bond motifs is 1. The molecule has 1 aliphatic heterocycles. The van der Waals surface area contributed by atoms with Crippen LogP contribution < -0.4 is 10.2 Å². The first-order valence-corrected chi connectivity index (χ1v) is 5.85. The predicted molar refractivity (Wildman–Crippen MR) is 67.1 cm³/mol. The number of aliphatic hydroxyl groups is 1. The van der Waals surface area contributed by atoms with Gasteiger partial charge in [-0.1, -0.05) is 12.1 Å². The highest BCUT2D eigenvalue weighted by molar-refractivity contribution is 6.00. The molecular formula is C13H18N2O2. The number of benzene rings is 1. The smallest absolute Gasteiger partial charge is 0.231 e. The Morgan fingerprint density at radius 2 is 2.29 bits per heavy atom. The highest BCUT2D eigenvalue weighted by atomic mass is 16.3. The number of likely N-dealkylation sites (N-methyl/N-ethyl adjacent to an activating group) is 1. The molecule has 4 nitrogen and oxygen atoms in total. The van der Waals surface area contributed by atoms with Gasteiger partial charge in [-0.05, 0) is 30.7 Å². The topological polar surface area (TPSA) is 52.6 Å². The number of nitrogens with zero attached hydrogens (tertiary/aromatic N) is 1. The van der Waals surface area contributed by atoms with Crippen molar-refractivity contribution in [2.24, 2.45) is 0 Å². The van der Waals surface area contributed by atoms with Crippen molar-refractivity contribution in [3.05, 3.63) is 29.3 Å². The third kappa shape index (κ3) is 2.18. The van der Waals surface area contributed by atoms with Crippen molar-refractivity contribution in [1.82, 2.24) is 5.32 Å². The van der Waals surface area contributed by atoms with Gasteiger partial charge in [0, 0.05) is 25.4 Å². The van der Waals surface area contributed by atoms with E-state index in [1.807, 2.05) is 19.2 Å². The summed E-state index contributed by atoms with van der Waals surface area (Å²) in [6.07, 6.45) is 1.16. The zero-order valence-electron chi connectivity index (χ0n) is 10.2. The van der Waals surface area contributed by atoms with Gasteiger partial charge in [0.2, 0.25) is 5.91 Å². The molecule has 92 valence electrons. The Morgan fingerprint density at radius 1 is 1.53 bits per heavy atom. The summed E-state index contributed by atoms with van der Waals surface area (Å²) in [5.74, 6) is 0.139. The van der Waals surface area contributed by atoms with Crippen molar-refractivity contribution in [1.29, 1.82) is 0 Å². The molecule has 0 saturated heterocycles. The lowest BCUT2D eigenvalue weighted by Crippen LogP contribution is -2.20. The maximum atomic E-state index is 11.6. The molecule has 1 unspecified atom stereocenters. The van der Waals surface area contributed by atoms with E-state index in [9.17, 15) is 4.79 Å². The van der Waals surface area contributed by atoms with Crippen LogP contribution in [0.2, 0.25) is 0 Å². The van der Waals surface area contributed by atoms with Gasteiger partial charge in [-0.15, -0.1) is 0 Å². The molecule has 4 heteroatoms. The van der Waals surface area contributed by atoms with Gasteiger partial charge in [0.15, 0.2) is 0 Å². The maximum absolute atomic E-state index is 11.6. The zero-order chi connectivity index (χ0) is 12.4. The standard InChI is InChI=1S/C13H18N2O2/c1-14-11(5-6-16)9-3-4-12-10(7-9)8-13(17)15(12)2/h3-4,7,11,14,16H,5-6,8H2,1-2H3. The molecule has 2 N–H and O–H groups in total. The summed E-state index contributed by atoms with van der Waals surface area (Å²) in [6.45, 7) is 0.154. The van der Waals surface area contributed by atoms with Gasteiger partial charge >= 0.3 is 0 Å². The summed E-state index contributed by atoms with van der Waals surface area (Å²) in [4.78, 5) is 13.3. The van der Waals surface area contributed by atoms with Crippen molar-refractivity contribution in [3.63, 3.8) is 0 Å². The number of aliphatic hydroxyl groups excluding tert-OH is 1. The lowest BCUT2D eigenvalue weighted by atomic mass is 10.0. The second-order valence-corrected chi connectivity index (χ2v) is 4.37. The van der Waals surface area contributed by atoms with E-state index in [1.54, 1.807) is 11.9 Å². The second kappa shape index (κ2) is 4.85. The summed E-state index contributed by atoms with van der Waals surface area (Å²) in [5.41, 5.74) is 3.20. The number of amides is 1. The van der Waals surface area contributed by atoms with E-state index in [4.69, 9.17) is 5.11 Å². The summed E-state index contributed by atoms with van der Waals surface area (Å²) in [7, 11) is 3.68. The van der Waals surface area contributed by atoms with E-state index in [-0.39, 0.29) is 18.6 Å². The van der Waals surface area contributed by atoms with Crippen LogP contribution in [0.3, 0.4) is 0 Å². The van der Waals surface area contributed by atoms with Crippen LogP contribution >= 0.6 is 0 Å². The van der Waals surface area contributed by atoms with Crippen LogP contribution in [0.5, 0.6) is 0 Å². The quantitative estimate of drug-likeness (QED) is 0.812. The second-order valence-electron chi connectivity index (χ2n) is 4.37. The van der Waals surface area contributed by atoms with Gasteiger partial charge in [0.05, 0.1) is 6.42 Å². The van der Waals surface area contributed by atoms with Gasteiger partial charge in [-0.3, -0.25) is 4.79 Å². The maximum Gasteiger partial charge on any atom is 0.231 e. The average Bonchev–Trinajstić information content (AvgIpc) is 2.61. The molecular weight excluding hydrogens is 216 g/mol. The lowest BCUT2D eigenvalue weighted by Gasteiger charge is -2.17. The van der Waals surface area contributed by atoms with Gasteiger partial charge in [-0.2, -0.15) is 0 Å². The predicted octanol–water partition coefficient (Wildman–Crippen LogP) is 0.848. The average molecular weight is 234 g/mol. The molecule has 1 aliphatic rings. The van der Waals surface area contributed by atoms with Gasteiger partial charge in [0.1, 0.15) is 0 Å². The Morgan fingerprint density at radius 3 is 2.94 bits per heavy atom. The van der Waals surface area contributed by atoms with Gasteiger partial charge < -0.3 is 15.3 Å². The minimum absolute atomic E-state index is 0.139. The summed E-state index contributed by atoms with van der Waals surface area (Å²) < 4.78 is 0. The fourth-order valence-electron chi connectivity index (χ4n) is 2.31. The van der Waals surface area contributed by atoms with Crippen LogP contribution in [0.25, 0.3) is 0 Å². The largest absolute Gasteiger partial charge is 0.396 e. The summed E-state index contributed by atoms with van der Waals surface area (Å²) in [6, 6.07) is 6.21. The third-order valence-corrected chi connectivity index (χ3v) is 3.35. The van der Waals surface area contributed by atoms with Crippen molar-refractivity contribution in [3.8, 4) is 0 Å². The van der Waals surface area contributed by atoms with Crippen molar-refractivity contribution < 1.29 is 9.90 Å². The molecule has 0 spiro atoms. The van der Waals surface area contributed by atoms with E-state index < -0.39 is 0 Å². The molecule has 0 bridgehead atoms. The Bertz CT molecular complexity index is 431. The molecule has 0 fully saturated rings. The van der Waals surface area contributed by atoms with E-state index >= 15 is 0 Å². The number of anilines is 1. The number of rotatable bonds is 4. The van der Waals surface area contributed by atoms with Crippen molar-refractivity contribution in [2.75, 3.05) is 25.6 Å². The molecule has 0 aromatic heterocycles. The van der Waals surface area contributed by atoms with E-state index in [1.165, 1.54) is 0 Å². The van der Waals surface area contributed by atoms with E-state index in [0.29, 0.717) is 12.8 Å². The van der Waals surface area contributed by atoms with Crippen LogP contribution in [-0.4, -0.2) is 31.7 Å². The summed E-state index contributed by atoms with van der Waals surface area (Å²) in [5, 5.41) is 12.2. The number of hydrogen-bond acceptors (Lipinski definition) is 3. The number of carbonyl (C=O) groups excluding carboxylic acids is 1. The molecule has 2 rings (SSSR count). The van der Waals surface area contributed by atoms with Crippen molar-refractivity contribution in [2.45, 2.75) is 18.9 Å². The summed E-state index contributed by atoms with van der Waals surface area (Å²) >= 11 is 0. The molecule has 1 amide bonds. The first-order chi connectivity index (χ1) is 8.17. The molecule has 1 aromatic rings. The van der Waals surface area contributed by atoms with Crippen LogP contribution in [-0.2, 0) is 11.2 Å². The Kier molecular flexibility index (Phi) is 3.45. The van der Waals surface area contributed by atoms with E-state index in [0.717, 1.165) is 16.8 Å². The highest BCUT2D eigenvalue weighted by Crippen LogP contribution is 2.30. The highest BCUT2D eigenvalue weighted by Gasteiger charge is 2.24. The fraction of sp³-hybridized carbons (Fsp3) is 0.462. The third-order valence-electron chi connectivity index (χ3n) is 3.35. The molecule has 0 aliphatic carbocycles. The minimum Gasteiger partial charge on any atom is -0.396 e.